The average Bonchev–Trinajstić information content (AvgIpc) is 3.06. The molecule has 3 nitrogen and oxygen atoms in total. The van der Waals surface area contributed by atoms with Gasteiger partial charge in [-0.25, -0.2) is 4.98 Å². The first-order valence-electron chi connectivity index (χ1n) is 6.27. The van der Waals surface area contributed by atoms with Crippen molar-refractivity contribution < 1.29 is 5.11 Å². The van der Waals surface area contributed by atoms with Crippen LogP contribution in [-0.2, 0) is 5.41 Å². The largest absolute Gasteiger partial charge is 0.396 e. The highest BCUT2D eigenvalue weighted by molar-refractivity contribution is 5.37. The minimum atomic E-state index is 0.129. The number of hydrogen-bond acceptors (Lipinski definition) is 3. The molecule has 0 atom stereocenters. The fraction of sp³-hybridized carbons (Fsp3) is 0.643. The summed E-state index contributed by atoms with van der Waals surface area (Å²) < 4.78 is 0. The first kappa shape index (κ1) is 12.4. The summed E-state index contributed by atoms with van der Waals surface area (Å²) >= 11 is 0. The standard InChI is InChI=1S/C14H22N2O/c1-13(2,3)11-4-5-12(15-8-11)16-9-14(10-17)6-7-14/h4-5,8,17H,6-7,9-10H2,1-3H3,(H,15,16). The predicted octanol–water partition coefficient (Wildman–Crippen LogP) is 2.56. The highest BCUT2D eigenvalue weighted by Gasteiger charge is 2.41. The van der Waals surface area contributed by atoms with Crippen LogP contribution >= 0.6 is 0 Å². The third-order valence-corrected chi connectivity index (χ3v) is 3.57. The van der Waals surface area contributed by atoms with E-state index in [0.29, 0.717) is 0 Å². The van der Waals surface area contributed by atoms with E-state index in [9.17, 15) is 5.11 Å². The van der Waals surface area contributed by atoms with Crippen molar-refractivity contribution in [2.24, 2.45) is 5.41 Å². The summed E-state index contributed by atoms with van der Waals surface area (Å²) in [7, 11) is 0. The van der Waals surface area contributed by atoms with Gasteiger partial charge in [-0.1, -0.05) is 26.8 Å². The summed E-state index contributed by atoms with van der Waals surface area (Å²) in [6, 6.07) is 4.14. The minimum Gasteiger partial charge on any atom is -0.396 e. The van der Waals surface area contributed by atoms with Gasteiger partial charge in [-0.05, 0) is 29.9 Å². The van der Waals surface area contributed by atoms with Crippen LogP contribution in [0.3, 0.4) is 0 Å². The lowest BCUT2D eigenvalue weighted by Crippen LogP contribution is -2.19. The molecule has 2 rings (SSSR count). The molecule has 0 radical (unpaired) electrons. The Balaban J connectivity index is 1.94. The van der Waals surface area contributed by atoms with Crippen molar-refractivity contribution in [3.63, 3.8) is 0 Å². The highest BCUT2D eigenvalue weighted by atomic mass is 16.3. The van der Waals surface area contributed by atoms with E-state index in [4.69, 9.17) is 0 Å². The molecule has 1 aliphatic rings. The van der Waals surface area contributed by atoms with Gasteiger partial charge < -0.3 is 10.4 Å². The number of hydrogen-bond donors (Lipinski definition) is 2. The molecule has 1 saturated carbocycles. The zero-order chi connectivity index (χ0) is 12.5. The lowest BCUT2D eigenvalue weighted by atomic mass is 9.88. The normalized spacial score (nSPS) is 17.9. The number of aliphatic hydroxyl groups is 1. The maximum atomic E-state index is 9.22. The molecule has 3 heteroatoms. The van der Waals surface area contributed by atoms with E-state index in [2.05, 4.69) is 37.1 Å². The van der Waals surface area contributed by atoms with Crippen LogP contribution in [0.4, 0.5) is 5.82 Å². The first-order chi connectivity index (χ1) is 7.95. The van der Waals surface area contributed by atoms with Gasteiger partial charge in [0.2, 0.25) is 0 Å². The number of pyridine rings is 1. The SMILES string of the molecule is CC(C)(C)c1ccc(NCC2(CO)CC2)nc1. The molecule has 1 heterocycles. The van der Waals surface area contributed by atoms with Gasteiger partial charge in [-0.2, -0.15) is 0 Å². The van der Waals surface area contributed by atoms with Crippen molar-refractivity contribution >= 4 is 5.82 Å². The van der Waals surface area contributed by atoms with Crippen LogP contribution in [0.2, 0.25) is 0 Å². The fourth-order valence-corrected chi connectivity index (χ4v) is 1.79. The van der Waals surface area contributed by atoms with Crippen LogP contribution in [0.25, 0.3) is 0 Å². The van der Waals surface area contributed by atoms with E-state index < -0.39 is 0 Å². The van der Waals surface area contributed by atoms with Crippen LogP contribution in [0, 0.1) is 5.41 Å². The molecule has 1 aliphatic carbocycles. The molecule has 0 amide bonds. The zero-order valence-electron chi connectivity index (χ0n) is 11.0. The summed E-state index contributed by atoms with van der Waals surface area (Å²) in [6.45, 7) is 7.65. The number of rotatable bonds is 4. The van der Waals surface area contributed by atoms with Gasteiger partial charge in [-0.3, -0.25) is 0 Å². The van der Waals surface area contributed by atoms with Crippen LogP contribution in [-0.4, -0.2) is 23.2 Å². The fourth-order valence-electron chi connectivity index (χ4n) is 1.79. The van der Waals surface area contributed by atoms with E-state index in [1.165, 1.54) is 5.56 Å². The molecule has 1 fully saturated rings. The smallest absolute Gasteiger partial charge is 0.125 e. The summed E-state index contributed by atoms with van der Waals surface area (Å²) in [5.41, 5.74) is 1.52. The molecule has 0 spiro atoms. The predicted molar refractivity (Wildman–Crippen MR) is 70.2 cm³/mol. The number of aliphatic hydroxyl groups excluding tert-OH is 1. The Kier molecular flexibility index (Phi) is 3.13. The molecule has 0 saturated heterocycles. The van der Waals surface area contributed by atoms with Crippen LogP contribution < -0.4 is 5.32 Å². The van der Waals surface area contributed by atoms with Crippen molar-refractivity contribution in [2.45, 2.75) is 39.0 Å². The summed E-state index contributed by atoms with van der Waals surface area (Å²) in [5.74, 6) is 0.901. The van der Waals surface area contributed by atoms with Gasteiger partial charge in [0.1, 0.15) is 5.82 Å². The van der Waals surface area contributed by atoms with Crippen LogP contribution in [0.15, 0.2) is 18.3 Å². The molecular formula is C14H22N2O. The van der Waals surface area contributed by atoms with Gasteiger partial charge in [0.15, 0.2) is 0 Å². The van der Waals surface area contributed by atoms with Crippen molar-refractivity contribution in [1.82, 2.24) is 4.98 Å². The van der Waals surface area contributed by atoms with Gasteiger partial charge >= 0.3 is 0 Å². The number of anilines is 1. The molecule has 0 bridgehead atoms. The van der Waals surface area contributed by atoms with E-state index in [1.54, 1.807) is 0 Å². The monoisotopic (exact) mass is 234 g/mol. The van der Waals surface area contributed by atoms with Crippen molar-refractivity contribution in [1.29, 1.82) is 0 Å². The minimum absolute atomic E-state index is 0.129. The van der Waals surface area contributed by atoms with Crippen molar-refractivity contribution in [2.75, 3.05) is 18.5 Å². The Morgan fingerprint density at radius 1 is 1.35 bits per heavy atom. The van der Waals surface area contributed by atoms with E-state index in [1.807, 2.05) is 12.3 Å². The second-order valence-electron chi connectivity index (χ2n) is 6.19. The van der Waals surface area contributed by atoms with Gasteiger partial charge in [0.25, 0.3) is 0 Å². The van der Waals surface area contributed by atoms with E-state index >= 15 is 0 Å². The quantitative estimate of drug-likeness (QED) is 0.841. The van der Waals surface area contributed by atoms with Gasteiger partial charge in [-0.15, -0.1) is 0 Å². The third-order valence-electron chi connectivity index (χ3n) is 3.57. The van der Waals surface area contributed by atoms with E-state index in [-0.39, 0.29) is 17.4 Å². The Bertz CT molecular complexity index is 374. The summed E-state index contributed by atoms with van der Waals surface area (Å²) in [6.07, 6.45) is 4.17. The van der Waals surface area contributed by atoms with Gasteiger partial charge in [0.05, 0.1) is 6.61 Å². The second kappa shape index (κ2) is 4.30. The molecule has 0 aliphatic heterocycles. The maximum absolute atomic E-state index is 9.22. The van der Waals surface area contributed by atoms with Crippen LogP contribution in [0.1, 0.15) is 39.2 Å². The van der Waals surface area contributed by atoms with Crippen molar-refractivity contribution in [3.8, 4) is 0 Å². The molecule has 0 aromatic carbocycles. The Labute approximate surface area is 103 Å². The summed E-state index contributed by atoms with van der Waals surface area (Å²) in [4.78, 5) is 4.42. The molecule has 1 aromatic heterocycles. The highest BCUT2D eigenvalue weighted by Crippen LogP contribution is 2.44. The zero-order valence-corrected chi connectivity index (χ0v) is 11.0. The average molecular weight is 234 g/mol. The molecule has 0 unspecified atom stereocenters. The Morgan fingerprint density at radius 2 is 2.06 bits per heavy atom. The van der Waals surface area contributed by atoms with E-state index in [0.717, 1.165) is 25.2 Å². The lowest BCUT2D eigenvalue weighted by molar-refractivity contribution is 0.219. The topological polar surface area (TPSA) is 45.1 Å². The third kappa shape index (κ3) is 2.97. The van der Waals surface area contributed by atoms with Crippen molar-refractivity contribution in [3.05, 3.63) is 23.9 Å². The Hall–Kier alpha value is -1.09. The first-order valence-corrected chi connectivity index (χ1v) is 6.27. The molecule has 2 N–H and O–H groups in total. The number of nitrogens with zero attached hydrogens (tertiary/aromatic N) is 1. The lowest BCUT2D eigenvalue weighted by Gasteiger charge is -2.19. The summed E-state index contributed by atoms with van der Waals surface area (Å²) in [5, 5.41) is 12.5. The molecule has 17 heavy (non-hydrogen) atoms. The Morgan fingerprint density at radius 3 is 2.47 bits per heavy atom. The molecular weight excluding hydrogens is 212 g/mol. The molecule has 1 aromatic rings. The van der Waals surface area contributed by atoms with Gasteiger partial charge in [0, 0.05) is 18.2 Å². The van der Waals surface area contributed by atoms with Crippen LogP contribution in [0.5, 0.6) is 0 Å². The number of aromatic nitrogens is 1. The maximum Gasteiger partial charge on any atom is 0.125 e. The molecule has 94 valence electrons. The number of nitrogens with one attached hydrogen (secondary N) is 1. The second-order valence-corrected chi connectivity index (χ2v) is 6.19.